The Morgan fingerprint density at radius 3 is 2.42 bits per heavy atom. The fourth-order valence-electron chi connectivity index (χ4n) is 1.73. The molecule has 0 saturated carbocycles. The minimum absolute atomic E-state index is 0.190. The molecule has 0 amide bonds. The van der Waals surface area contributed by atoms with Gasteiger partial charge in [0.25, 0.3) is 0 Å². The van der Waals surface area contributed by atoms with Gasteiger partial charge in [0.05, 0.1) is 0 Å². The van der Waals surface area contributed by atoms with Gasteiger partial charge in [0.1, 0.15) is 0 Å². The van der Waals surface area contributed by atoms with Crippen molar-refractivity contribution < 1.29 is 8.76 Å². The van der Waals surface area contributed by atoms with E-state index in [4.69, 9.17) is 0 Å². The molecule has 12 heavy (non-hydrogen) atoms. The molecule has 4 heteroatoms. The van der Waals surface area contributed by atoms with Crippen molar-refractivity contribution in [3.05, 3.63) is 0 Å². The molecule has 1 heterocycles. The van der Waals surface area contributed by atoms with Crippen LogP contribution < -0.4 is 0 Å². The highest BCUT2D eigenvalue weighted by atomic mass is 32.2. The average Bonchev–Trinajstić information content (AvgIpc) is 2.30. The molecule has 1 saturated heterocycles. The van der Waals surface area contributed by atoms with Gasteiger partial charge in [-0.15, -0.1) is 0 Å². The lowest BCUT2D eigenvalue weighted by molar-refractivity contribution is 0.367. The van der Waals surface area contributed by atoms with Crippen LogP contribution in [-0.4, -0.2) is 25.7 Å². The topological polar surface area (TPSA) is 43.4 Å². The molecule has 3 nitrogen and oxygen atoms in total. The summed E-state index contributed by atoms with van der Waals surface area (Å²) in [6.07, 6.45) is 1.01. The summed E-state index contributed by atoms with van der Waals surface area (Å²) < 4.78 is 23.0. The van der Waals surface area contributed by atoms with E-state index in [1.165, 1.54) is 0 Å². The van der Waals surface area contributed by atoms with Crippen molar-refractivity contribution in [2.45, 2.75) is 33.2 Å². The molecule has 1 aliphatic heterocycles. The average molecular weight is 190 g/mol. The Labute approximate surface area is 76.6 Å². The van der Waals surface area contributed by atoms with Crippen molar-refractivity contribution in [3.63, 3.8) is 0 Å². The Bertz CT molecular complexity index is 184. The lowest BCUT2D eigenvalue weighted by Gasteiger charge is -2.22. The summed E-state index contributed by atoms with van der Waals surface area (Å²) in [6.45, 7) is 6.97. The number of hydrogen-bond acceptors (Lipinski definition) is 2. The number of hydrogen-bond donors (Lipinski definition) is 0. The van der Waals surface area contributed by atoms with Crippen LogP contribution in [0.5, 0.6) is 0 Å². The van der Waals surface area contributed by atoms with E-state index in [0.29, 0.717) is 18.4 Å². The number of nitrogens with zero attached hydrogens (tertiary/aromatic N) is 1. The van der Waals surface area contributed by atoms with Gasteiger partial charge in [-0.05, 0) is 25.2 Å². The summed E-state index contributed by atoms with van der Waals surface area (Å²) in [4.78, 5) is 0. The first kappa shape index (κ1) is 10.2. The molecule has 0 N–H and O–H groups in total. The molecule has 0 aromatic rings. The van der Waals surface area contributed by atoms with Crippen LogP contribution in [0.15, 0.2) is 0 Å². The first-order chi connectivity index (χ1) is 5.52. The summed E-state index contributed by atoms with van der Waals surface area (Å²) in [7, 11) is 0. The van der Waals surface area contributed by atoms with Gasteiger partial charge >= 0.3 is 0 Å². The second-order valence-electron chi connectivity index (χ2n) is 3.91. The maximum atomic E-state index is 10.7. The van der Waals surface area contributed by atoms with E-state index in [-0.39, 0.29) is 6.04 Å². The van der Waals surface area contributed by atoms with E-state index in [2.05, 4.69) is 13.8 Å². The van der Waals surface area contributed by atoms with Crippen LogP contribution in [0.1, 0.15) is 27.2 Å². The molecule has 0 spiro atoms. The zero-order valence-corrected chi connectivity index (χ0v) is 8.63. The van der Waals surface area contributed by atoms with Crippen molar-refractivity contribution >= 4 is 11.3 Å². The molecule has 1 aliphatic rings. The fourth-order valence-corrected chi connectivity index (χ4v) is 2.43. The third-order valence-corrected chi connectivity index (χ3v) is 3.58. The largest absolute Gasteiger partial charge is 0.760 e. The summed E-state index contributed by atoms with van der Waals surface area (Å²) in [5, 5.41) is 0. The summed E-state index contributed by atoms with van der Waals surface area (Å²) in [5.41, 5.74) is 0. The molecule has 3 unspecified atom stereocenters. The Balaban J connectivity index is 2.56. The molecular weight excluding hydrogens is 174 g/mol. The minimum Gasteiger partial charge on any atom is -0.760 e. The third kappa shape index (κ3) is 2.06. The van der Waals surface area contributed by atoms with Gasteiger partial charge in [-0.2, -0.15) is 0 Å². The molecule has 1 fully saturated rings. The molecule has 0 aromatic carbocycles. The van der Waals surface area contributed by atoms with Crippen LogP contribution in [0.4, 0.5) is 0 Å². The summed E-state index contributed by atoms with van der Waals surface area (Å²) in [5.74, 6) is 1.12. The highest BCUT2D eigenvalue weighted by molar-refractivity contribution is 7.76. The molecule has 1 rings (SSSR count). The minimum atomic E-state index is -2.02. The zero-order valence-electron chi connectivity index (χ0n) is 7.82. The van der Waals surface area contributed by atoms with E-state index >= 15 is 0 Å². The Kier molecular flexibility index (Phi) is 3.26. The van der Waals surface area contributed by atoms with Gasteiger partial charge in [0, 0.05) is 23.9 Å². The highest BCUT2D eigenvalue weighted by Crippen LogP contribution is 2.28. The smallest absolute Gasteiger partial charge is 0.0211 e. The number of rotatable bonds is 2. The van der Waals surface area contributed by atoms with Gasteiger partial charge in [0.15, 0.2) is 0 Å². The van der Waals surface area contributed by atoms with Gasteiger partial charge in [-0.3, -0.25) is 4.21 Å². The van der Waals surface area contributed by atoms with Crippen LogP contribution in [0, 0.1) is 11.8 Å². The van der Waals surface area contributed by atoms with E-state index < -0.39 is 11.3 Å². The molecule has 0 aliphatic carbocycles. The van der Waals surface area contributed by atoms with Gasteiger partial charge in [-0.25, -0.2) is 4.31 Å². The lowest BCUT2D eigenvalue weighted by Crippen LogP contribution is -2.29. The van der Waals surface area contributed by atoms with Gasteiger partial charge < -0.3 is 4.55 Å². The molecule has 72 valence electrons. The van der Waals surface area contributed by atoms with Crippen molar-refractivity contribution in [2.75, 3.05) is 6.54 Å². The second kappa shape index (κ2) is 3.85. The molecule has 0 bridgehead atoms. The van der Waals surface area contributed by atoms with Crippen LogP contribution in [0.2, 0.25) is 0 Å². The van der Waals surface area contributed by atoms with Crippen LogP contribution in [-0.2, 0) is 11.3 Å². The molecule has 0 aromatic heterocycles. The predicted molar refractivity (Wildman–Crippen MR) is 48.0 cm³/mol. The Morgan fingerprint density at radius 1 is 1.58 bits per heavy atom. The first-order valence-electron chi connectivity index (χ1n) is 4.38. The first-order valence-corrected chi connectivity index (χ1v) is 5.41. The Hall–Kier alpha value is 0.0700. The fraction of sp³-hybridized carbons (Fsp3) is 1.00. The molecule has 3 atom stereocenters. The van der Waals surface area contributed by atoms with Crippen LogP contribution >= 0.6 is 0 Å². The monoisotopic (exact) mass is 190 g/mol. The van der Waals surface area contributed by atoms with Gasteiger partial charge in [0.2, 0.25) is 0 Å². The third-order valence-electron chi connectivity index (χ3n) is 2.68. The summed E-state index contributed by atoms with van der Waals surface area (Å²) >= 11 is -2.02. The SMILES string of the molecule is CC(C)C1CC(C)N(S(=O)[O-])C1. The second-order valence-corrected chi connectivity index (χ2v) is 4.81. The van der Waals surface area contributed by atoms with Crippen molar-refractivity contribution in [2.24, 2.45) is 11.8 Å². The standard InChI is InChI=1S/C8H17NO2S/c1-6(2)8-4-7(3)9(5-8)12(10)11/h6-8H,4-5H2,1-3H3,(H,10,11)/p-1. The normalized spacial score (nSPS) is 34.4. The molecule has 0 radical (unpaired) electrons. The summed E-state index contributed by atoms with van der Waals surface area (Å²) in [6, 6.07) is 0.190. The lowest BCUT2D eigenvalue weighted by atomic mass is 9.94. The quantitative estimate of drug-likeness (QED) is 0.613. The van der Waals surface area contributed by atoms with E-state index in [1.807, 2.05) is 6.92 Å². The zero-order chi connectivity index (χ0) is 9.30. The van der Waals surface area contributed by atoms with E-state index in [0.717, 1.165) is 6.42 Å². The van der Waals surface area contributed by atoms with Crippen molar-refractivity contribution in [3.8, 4) is 0 Å². The highest BCUT2D eigenvalue weighted by Gasteiger charge is 2.31. The predicted octanol–water partition coefficient (Wildman–Crippen LogP) is 1.15. The van der Waals surface area contributed by atoms with Gasteiger partial charge in [-0.1, -0.05) is 13.8 Å². The molecular formula is C8H16NO2S-. The Morgan fingerprint density at radius 2 is 2.17 bits per heavy atom. The van der Waals surface area contributed by atoms with Crippen molar-refractivity contribution in [1.29, 1.82) is 0 Å². The van der Waals surface area contributed by atoms with E-state index in [1.54, 1.807) is 4.31 Å². The van der Waals surface area contributed by atoms with Crippen LogP contribution in [0.3, 0.4) is 0 Å². The maximum absolute atomic E-state index is 10.7. The van der Waals surface area contributed by atoms with Crippen LogP contribution in [0.25, 0.3) is 0 Å². The maximum Gasteiger partial charge on any atom is 0.0211 e. The van der Waals surface area contributed by atoms with Crippen molar-refractivity contribution in [1.82, 2.24) is 4.31 Å². The van der Waals surface area contributed by atoms with E-state index in [9.17, 15) is 8.76 Å².